The first-order chi connectivity index (χ1) is 9.40. The Kier molecular flexibility index (Phi) is 3.61. The van der Waals surface area contributed by atoms with Crippen molar-refractivity contribution in [1.82, 2.24) is 4.98 Å². The van der Waals surface area contributed by atoms with Crippen molar-refractivity contribution in [2.75, 3.05) is 5.32 Å². The maximum atomic E-state index is 12.6. The molecule has 0 atom stereocenters. The topological polar surface area (TPSA) is 48.7 Å². The van der Waals surface area contributed by atoms with Crippen molar-refractivity contribution < 1.29 is 13.2 Å². The zero-order valence-corrected chi connectivity index (χ0v) is 10.5. The van der Waals surface area contributed by atoms with E-state index >= 15 is 0 Å². The van der Waals surface area contributed by atoms with Crippen LogP contribution >= 0.6 is 0 Å². The van der Waals surface area contributed by atoms with Crippen LogP contribution in [0.5, 0.6) is 0 Å². The molecule has 0 bridgehead atoms. The molecule has 2 aromatic rings. The van der Waals surface area contributed by atoms with E-state index in [9.17, 15) is 13.2 Å². The van der Waals surface area contributed by atoms with Crippen LogP contribution in [-0.2, 0) is 6.18 Å². The fraction of sp³-hybridized carbons (Fsp3) is 0.143. The van der Waals surface area contributed by atoms with Crippen LogP contribution in [0.15, 0.2) is 36.4 Å². The number of aryl methyl sites for hydroxylation is 1. The van der Waals surface area contributed by atoms with Crippen molar-refractivity contribution in [2.24, 2.45) is 0 Å². The van der Waals surface area contributed by atoms with E-state index in [1.165, 1.54) is 0 Å². The second-order valence-corrected chi connectivity index (χ2v) is 4.19. The molecule has 0 aliphatic rings. The van der Waals surface area contributed by atoms with Gasteiger partial charge in [0.05, 0.1) is 5.56 Å². The van der Waals surface area contributed by atoms with E-state index in [4.69, 9.17) is 5.26 Å². The Bertz CT molecular complexity index is 655. The number of aromatic nitrogens is 1. The summed E-state index contributed by atoms with van der Waals surface area (Å²) in [5.41, 5.74) is 0.608. The lowest BCUT2D eigenvalue weighted by molar-refractivity contribution is -0.141. The van der Waals surface area contributed by atoms with Gasteiger partial charge < -0.3 is 5.32 Å². The van der Waals surface area contributed by atoms with Gasteiger partial charge in [0.15, 0.2) is 0 Å². The predicted molar refractivity (Wildman–Crippen MR) is 68.4 cm³/mol. The highest BCUT2D eigenvalue weighted by Crippen LogP contribution is 2.30. The quantitative estimate of drug-likeness (QED) is 0.901. The highest BCUT2D eigenvalue weighted by atomic mass is 19.4. The van der Waals surface area contributed by atoms with Gasteiger partial charge >= 0.3 is 6.18 Å². The summed E-state index contributed by atoms with van der Waals surface area (Å²) in [4.78, 5) is 3.47. The lowest BCUT2D eigenvalue weighted by Crippen LogP contribution is -2.10. The highest BCUT2D eigenvalue weighted by Gasteiger charge is 2.33. The highest BCUT2D eigenvalue weighted by molar-refractivity contribution is 5.63. The molecule has 1 heterocycles. The molecule has 102 valence electrons. The second kappa shape index (κ2) is 5.21. The van der Waals surface area contributed by atoms with E-state index in [1.54, 1.807) is 12.1 Å². The molecule has 0 radical (unpaired) electrons. The third kappa shape index (κ3) is 3.06. The van der Waals surface area contributed by atoms with Crippen LogP contribution in [0.25, 0.3) is 0 Å². The molecule has 0 unspecified atom stereocenters. The first kappa shape index (κ1) is 13.9. The summed E-state index contributed by atoms with van der Waals surface area (Å²) in [6.45, 7) is 1.90. The molecule has 3 nitrogen and oxygen atoms in total. The number of rotatable bonds is 2. The molecular weight excluding hydrogens is 267 g/mol. The Morgan fingerprint density at radius 3 is 2.30 bits per heavy atom. The minimum Gasteiger partial charge on any atom is -0.339 e. The van der Waals surface area contributed by atoms with E-state index in [0.29, 0.717) is 5.69 Å². The Labute approximate surface area is 113 Å². The monoisotopic (exact) mass is 277 g/mol. The third-order valence-electron chi connectivity index (χ3n) is 2.62. The van der Waals surface area contributed by atoms with Gasteiger partial charge in [0.2, 0.25) is 0 Å². The Balaban J connectivity index is 2.39. The van der Waals surface area contributed by atoms with Gasteiger partial charge in [0, 0.05) is 5.69 Å². The molecule has 0 aliphatic carbocycles. The molecule has 1 aromatic heterocycles. The van der Waals surface area contributed by atoms with E-state index in [1.807, 2.05) is 25.1 Å². The van der Waals surface area contributed by atoms with Crippen LogP contribution < -0.4 is 5.32 Å². The number of anilines is 2. The van der Waals surface area contributed by atoms with Gasteiger partial charge in [-0.2, -0.15) is 18.4 Å². The molecule has 0 aliphatic heterocycles. The summed E-state index contributed by atoms with van der Waals surface area (Å²) in [6.07, 6.45) is -4.54. The van der Waals surface area contributed by atoms with Crippen molar-refractivity contribution in [1.29, 1.82) is 5.26 Å². The van der Waals surface area contributed by atoms with Crippen molar-refractivity contribution in [2.45, 2.75) is 13.1 Å². The van der Waals surface area contributed by atoms with Crippen LogP contribution in [-0.4, -0.2) is 4.98 Å². The molecule has 1 N–H and O–H groups in total. The number of nitrogens with one attached hydrogen (secondary N) is 1. The lowest BCUT2D eigenvalue weighted by Gasteiger charge is -2.11. The number of nitrogens with zero attached hydrogens (tertiary/aromatic N) is 2. The Morgan fingerprint density at radius 2 is 1.75 bits per heavy atom. The van der Waals surface area contributed by atoms with Gasteiger partial charge in [-0.05, 0) is 31.2 Å². The van der Waals surface area contributed by atoms with E-state index < -0.39 is 11.9 Å². The summed E-state index contributed by atoms with van der Waals surface area (Å²) in [7, 11) is 0. The minimum absolute atomic E-state index is 0.0542. The molecule has 0 amide bonds. The molecule has 0 spiro atoms. The SMILES string of the molecule is Cc1ccc(Nc2nc(C(F)(F)F)ccc2C#N)cc1. The molecular formula is C14H10F3N3. The van der Waals surface area contributed by atoms with Gasteiger partial charge in [-0.1, -0.05) is 17.7 Å². The predicted octanol–water partition coefficient (Wildman–Crippen LogP) is 4.02. The summed E-state index contributed by atoms with van der Waals surface area (Å²) in [5, 5.41) is 11.7. The van der Waals surface area contributed by atoms with Gasteiger partial charge in [-0.15, -0.1) is 0 Å². The van der Waals surface area contributed by atoms with E-state index in [-0.39, 0.29) is 11.4 Å². The van der Waals surface area contributed by atoms with Crippen molar-refractivity contribution in [3.05, 3.63) is 53.2 Å². The Hall–Kier alpha value is -2.55. The minimum atomic E-state index is -4.54. The third-order valence-corrected chi connectivity index (χ3v) is 2.62. The van der Waals surface area contributed by atoms with Crippen LogP contribution in [0.3, 0.4) is 0 Å². The van der Waals surface area contributed by atoms with Crippen LogP contribution in [0.2, 0.25) is 0 Å². The van der Waals surface area contributed by atoms with Crippen LogP contribution in [0.4, 0.5) is 24.7 Å². The maximum absolute atomic E-state index is 12.6. The van der Waals surface area contributed by atoms with Gasteiger partial charge in [0.25, 0.3) is 0 Å². The van der Waals surface area contributed by atoms with E-state index in [0.717, 1.165) is 17.7 Å². The molecule has 2 rings (SSSR count). The molecule has 0 saturated heterocycles. The summed E-state index contributed by atoms with van der Waals surface area (Å²) in [6, 6.07) is 10.7. The molecule has 1 aromatic carbocycles. The zero-order chi connectivity index (χ0) is 14.8. The number of hydrogen-bond donors (Lipinski definition) is 1. The average molecular weight is 277 g/mol. The fourth-order valence-corrected chi connectivity index (χ4v) is 1.58. The van der Waals surface area contributed by atoms with Crippen molar-refractivity contribution in [3.8, 4) is 6.07 Å². The number of pyridine rings is 1. The molecule has 20 heavy (non-hydrogen) atoms. The van der Waals surface area contributed by atoms with Crippen molar-refractivity contribution in [3.63, 3.8) is 0 Å². The van der Waals surface area contributed by atoms with Crippen molar-refractivity contribution >= 4 is 11.5 Å². The lowest BCUT2D eigenvalue weighted by atomic mass is 10.2. The summed E-state index contributed by atoms with van der Waals surface area (Å²) in [5.74, 6) is -0.105. The standard InChI is InChI=1S/C14H10F3N3/c1-9-2-5-11(6-3-9)19-13-10(8-18)4-7-12(20-13)14(15,16)17/h2-7H,1H3,(H,19,20). The number of nitriles is 1. The number of benzene rings is 1. The number of halogens is 3. The van der Waals surface area contributed by atoms with E-state index in [2.05, 4.69) is 10.3 Å². The largest absolute Gasteiger partial charge is 0.433 e. The molecule has 6 heteroatoms. The van der Waals surface area contributed by atoms with Gasteiger partial charge in [-0.25, -0.2) is 4.98 Å². The molecule has 0 saturated carbocycles. The molecule has 0 fully saturated rings. The first-order valence-corrected chi connectivity index (χ1v) is 5.72. The number of alkyl halides is 3. The smallest absolute Gasteiger partial charge is 0.339 e. The fourth-order valence-electron chi connectivity index (χ4n) is 1.58. The van der Waals surface area contributed by atoms with Crippen LogP contribution in [0, 0.1) is 18.3 Å². The number of hydrogen-bond acceptors (Lipinski definition) is 3. The summed E-state index contributed by atoms with van der Waals surface area (Å²) < 4.78 is 37.9. The van der Waals surface area contributed by atoms with Crippen LogP contribution in [0.1, 0.15) is 16.8 Å². The first-order valence-electron chi connectivity index (χ1n) is 5.72. The van der Waals surface area contributed by atoms with Gasteiger partial charge in [-0.3, -0.25) is 0 Å². The maximum Gasteiger partial charge on any atom is 0.433 e. The summed E-state index contributed by atoms with van der Waals surface area (Å²) >= 11 is 0. The zero-order valence-electron chi connectivity index (χ0n) is 10.5. The van der Waals surface area contributed by atoms with Gasteiger partial charge in [0.1, 0.15) is 17.6 Å². The average Bonchev–Trinajstić information content (AvgIpc) is 2.40. The second-order valence-electron chi connectivity index (χ2n) is 4.19. The Morgan fingerprint density at radius 1 is 1.10 bits per heavy atom. The normalized spacial score (nSPS) is 10.9.